The van der Waals surface area contributed by atoms with E-state index in [1.807, 2.05) is 4.90 Å². The number of hydrogen-bond donors (Lipinski definition) is 4. The first-order valence-electron chi connectivity index (χ1n) is 13.5. The zero-order chi connectivity index (χ0) is 31.6. The smallest absolute Gasteiger partial charge is 0.406 e. The van der Waals surface area contributed by atoms with Gasteiger partial charge in [-0.05, 0) is 61.7 Å². The van der Waals surface area contributed by atoms with Crippen molar-refractivity contribution >= 4 is 28.2 Å². The molecular formula is C30H36F4N4O5. The van der Waals surface area contributed by atoms with Gasteiger partial charge in [-0.1, -0.05) is 12.0 Å². The molecule has 1 saturated heterocycles. The number of aliphatic hydroxyl groups is 1. The summed E-state index contributed by atoms with van der Waals surface area (Å²) in [4.78, 5) is 13.0. The number of carboxylic acid groups (broad SMARTS) is 1. The van der Waals surface area contributed by atoms with E-state index in [1.54, 1.807) is 25.3 Å². The topological polar surface area (TPSA) is 122 Å². The number of fused-ring (bicyclic) bond motifs is 1. The molecule has 1 fully saturated rings. The number of piperidine rings is 1. The monoisotopic (exact) mass is 608 g/mol. The van der Waals surface area contributed by atoms with Crippen LogP contribution in [0.3, 0.4) is 0 Å². The molecule has 234 valence electrons. The first-order valence-corrected chi connectivity index (χ1v) is 13.5. The summed E-state index contributed by atoms with van der Waals surface area (Å²) in [6.07, 6.45) is -4.07. The Bertz CT molecular complexity index is 1430. The van der Waals surface area contributed by atoms with Crippen LogP contribution in [-0.2, 0) is 11.3 Å². The van der Waals surface area contributed by atoms with Crippen molar-refractivity contribution in [2.75, 3.05) is 58.1 Å². The van der Waals surface area contributed by atoms with Gasteiger partial charge in [0.2, 0.25) is 0 Å². The molecule has 3 aromatic rings. The lowest BCUT2D eigenvalue weighted by Gasteiger charge is -2.30. The highest BCUT2D eigenvalue weighted by atomic mass is 19.4. The van der Waals surface area contributed by atoms with Gasteiger partial charge in [0.05, 0.1) is 48.8 Å². The van der Waals surface area contributed by atoms with Crippen LogP contribution in [-0.4, -0.2) is 91.1 Å². The summed E-state index contributed by atoms with van der Waals surface area (Å²) < 4.78 is 63.1. The average Bonchev–Trinajstić information content (AvgIpc) is 3.28. The molecule has 0 radical (unpaired) electrons. The summed E-state index contributed by atoms with van der Waals surface area (Å²) in [5.74, 6) is 4.76. The summed E-state index contributed by atoms with van der Waals surface area (Å²) in [7, 11) is 2.95. The van der Waals surface area contributed by atoms with Crippen molar-refractivity contribution in [3.63, 3.8) is 0 Å². The van der Waals surface area contributed by atoms with Crippen LogP contribution in [0.5, 0.6) is 5.75 Å². The lowest BCUT2D eigenvalue weighted by molar-refractivity contribution is -0.140. The van der Waals surface area contributed by atoms with Crippen LogP contribution < -0.4 is 15.8 Å². The van der Waals surface area contributed by atoms with Crippen molar-refractivity contribution in [2.24, 2.45) is 0 Å². The lowest BCUT2D eigenvalue weighted by Crippen LogP contribution is -2.42. The van der Waals surface area contributed by atoms with E-state index in [4.69, 9.17) is 20.3 Å². The molecule has 1 aliphatic heterocycles. The number of aliphatic hydroxyl groups excluding tert-OH is 1. The first kappa shape index (κ1) is 33.5. The number of methoxy groups -OCH3 is 2. The fraction of sp³-hybridized carbons (Fsp3) is 0.433. The number of nitrogen functional groups attached to an aromatic ring is 1. The van der Waals surface area contributed by atoms with Crippen molar-refractivity contribution in [2.45, 2.75) is 37.8 Å². The number of nitrogens with one attached hydrogen (secondary N) is 1. The van der Waals surface area contributed by atoms with Gasteiger partial charge in [0.1, 0.15) is 18.5 Å². The van der Waals surface area contributed by atoms with E-state index in [-0.39, 0.29) is 17.8 Å². The number of likely N-dealkylation sites (tertiary alicyclic amines) is 1. The van der Waals surface area contributed by atoms with Crippen LogP contribution in [0.2, 0.25) is 0 Å². The number of aromatic nitrogens is 1. The molecule has 4 rings (SSSR count). The number of carbonyl (C=O) groups is 1. The molecule has 2 atom stereocenters. The van der Waals surface area contributed by atoms with Crippen LogP contribution in [0.15, 0.2) is 42.5 Å². The van der Waals surface area contributed by atoms with Crippen LogP contribution in [0.4, 0.5) is 28.9 Å². The predicted molar refractivity (Wildman–Crippen MR) is 156 cm³/mol. The second-order valence-corrected chi connectivity index (χ2v) is 9.99. The average molecular weight is 609 g/mol. The largest absolute Gasteiger partial charge is 0.495 e. The molecule has 5 N–H and O–H groups in total. The number of nitrogens with two attached hydrogens (primary N) is 1. The van der Waals surface area contributed by atoms with Gasteiger partial charge in [0.15, 0.2) is 0 Å². The summed E-state index contributed by atoms with van der Waals surface area (Å²) in [6.45, 7) is 1.12. The molecule has 0 amide bonds. The number of carboxylic acids is 1. The third-order valence-corrected chi connectivity index (χ3v) is 6.63. The second kappa shape index (κ2) is 15.5. The van der Waals surface area contributed by atoms with Crippen LogP contribution >= 0.6 is 0 Å². The number of nitrogens with zero attached hydrogens (tertiary/aromatic N) is 2. The number of benzene rings is 2. The van der Waals surface area contributed by atoms with E-state index in [2.05, 4.69) is 17.2 Å². The highest BCUT2D eigenvalue weighted by Crippen LogP contribution is 2.29. The van der Waals surface area contributed by atoms with Crippen molar-refractivity contribution in [3.8, 4) is 17.6 Å². The van der Waals surface area contributed by atoms with Gasteiger partial charge >= 0.3 is 12.1 Å². The van der Waals surface area contributed by atoms with Crippen molar-refractivity contribution < 1.29 is 42.0 Å². The van der Waals surface area contributed by atoms with Gasteiger partial charge in [-0.3, -0.25) is 4.90 Å². The van der Waals surface area contributed by atoms with E-state index >= 15 is 0 Å². The number of anilines is 2. The fourth-order valence-electron chi connectivity index (χ4n) is 4.71. The van der Waals surface area contributed by atoms with Crippen molar-refractivity contribution in [1.82, 2.24) is 9.47 Å². The summed E-state index contributed by atoms with van der Waals surface area (Å²) in [5.41, 5.74) is 7.39. The molecule has 2 aromatic carbocycles. The van der Waals surface area contributed by atoms with Gasteiger partial charge in [0, 0.05) is 31.3 Å². The first-order chi connectivity index (χ1) is 20.4. The fourth-order valence-corrected chi connectivity index (χ4v) is 4.71. The Morgan fingerprint density at radius 3 is 2.65 bits per heavy atom. The van der Waals surface area contributed by atoms with Gasteiger partial charge in [0.25, 0.3) is 0 Å². The second-order valence-electron chi connectivity index (χ2n) is 9.99. The molecular weight excluding hydrogens is 572 g/mol. The standard InChI is InChI=1S/C21H18F3N3O3.C9H18FNO2/c1-30-19-10-13(20(28)29)7-8-17(19)26-9-3-4-14-11-15-16(25)5-2-6-18(15)27(14)12-21(22,23)24;1-13-7-9(12)6-11-4-2-3-8(10)5-11/h2,5-8,10-11,26H,9,12,25H2,1H3,(H,28,29);8-9,12H,2-7H2,1H3. The third kappa shape index (κ3) is 10.1. The number of hydrogen-bond acceptors (Lipinski definition) is 7. The molecule has 1 aromatic heterocycles. The van der Waals surface area contributed by atoms with Crippen molar-refractivity contribution in [1.29, 1.82) is 0 Å². The molecule has 2 unspecified atom stereocenters. The molecule has 2 heterocycles. The SMILES string of the molecule is COCC(O)CN1CCCC(F)C1.COc1cc(C(=O)O)ccc1NCC#Cc1cc2c(N)cccc2n1CC(F)(F)F. The number of β-amino-alcohol motifs (C(OH)–C–C–N with tert-alkyl or cyclic N) is 1. The summed E-state index contributed by atoms with van der Waals surface area (Å²) >= 11 is 0. The molecule has 0 bridgehead atoms. The summed E-state index contributed by atoms with van der Waals surface area (Å²) in [5, 5.41) is 21.9. The number of aromatic carboxylic acids is 1. The van der Waals surface area contributed by atoms with Crippen LogP contribution in [0.1, 0.15) is 28.9 Å². The molecule has 13 heteroatoms. The van der Waals surface area contributed by atoms with Crippen LogP contribution in [0.25, 0.3) is 10.9 Å². The minimum Gasteiger partial charge on any atom is -0.495 e. The van der Waals surface area contributed by atoms with E-state index in [0.29, 0.717) is 54.1 Å². The molecule has 0 saturated carbocycles. The Morgan fingerprint density at radius 2 is 2.00 bits per heavy atom. The predicted octanol–water partition coefficient (Wildman–Crippen LogP) is 4.38. The Labute approximate surface area is 247 Å². The maximum absolute atomic E-state index is 13.0. The Balaban J connectivity index is 0.000000326. The van der Waals surface area contributed by atoms with E-state index in [0.717, 1.165) is 17.5 Å². The number of ether oxygens (including phenoxy) is 2. The zero-order valence-corrected chi connectivity index (χ0v) is 24.0. The molecule has 0 aliphatic carbocycles. The number of alkyl halides is 4. The maximum Gasteiger partial charge on any atom is 0.406 e. The minimum absolute atomic E-state index is 0.0674. The molecule has 43 heavy (non-hydrogen) atoms. The maximum atomic E-state index is 13.0. The molecule has 1 aliphatic rings. The van der Waals surface area contributed by atoms with Crippen molar-refractivity contribution in [3.05, 3.63) is 53.7 Å². The third-order valence-electron chi connectivity index (χ3n) is 6.63. The minimum atomic E-state index is -4.41. The van der Waals surface area contributed by atoms with E-state index in [9.17, 15) is 27.5 Å². The normalized spacial score (nSPS) is 16.0. The van der Waals surface area contributed by atoms with Gasteiger partial charge in [-0.25, -0.2) is 9.18 Å². The number of halogens is 4. The Morgan fingerprint density at radius 1 is 1.23 bits per heavy atom. The molecule has 0 spiro atoms. The Kier molecular flexibility index (Phi) is 12.1. The van der Waals surface area contributed by atoms with Gasteiger partial charge < -0.3 is 35.3 Å². The summed E-state index contributed by atoms with van der Waals surface area (Å²) in [6, 6.07) is 10.6. The lowest BCUT2D eigenvalue weighted by atomic mass is 10.1. The highest BCUT2D eigenvalue weighted by molar-refractivity contribution is 5.93. The van der Waals surface area contributed by atoms with Gasteiger partial charge in [-0.15, -0.1) is 0 Å². The van der Waals surface area contributed by atoms with E-state index in [1.165, 1.54) is 31.4 Å². The zero-order valence-electron chi connectivity index (χ0n) is 24.0. The quantitative estimate of drug-likeness (QED) is 0.160. The molecule has 9 nitrogen and oxygen atoms in total. The van der Waals surface area contributed by atoms with E-state index < -0.39 is 31.0 Å². The highest BCUT2D eigenvalue weighted by Gasteiger charge is 2.29. The van der Waals surface area contributed by atoms with Gasteiger partial charge in [-0.2, -0.15) is 13.2 Å². The number of rotatable bonds is 9. The Hall–Kier alpha value is -3.99. The van der Waals surface area contributed by atoms with Crippen LogP contribution in [0, 0.1) is 11.8 Å².